The van der Waals surface area contributed by atoms with Crippen LogP contribution in [-0.4, -0.2) is 12.9 Å². The minimum Gasteiger partial charge on any atom is -0.457 e. The van der Waals surface area contributed by atoms with Gasteiger partial charge in [0.2, 0.25) is 6.10 Å². The molecule has 1 saturated carbocycles. The maximum Gasteiger partial charge on any atom is 0.311 e. The van der Waals surface area contributed by atoms with Crippen LogP contribution in [0.25, 0.3) is 0 Å². The quantitative estimate of drug-likeness (QED) is 0.238. The molecule has 3 rings (SSSR count). The van der Waals surface area contributed by atoms with E-state index < -0.39 is 8.25 Å². The number of alkyl halides is 4. The van der Waals surface area contributed by atoms with Crippen LogP contribution in [0.1, 0.15) is 25.5 Å². The molecule has 4 nitrogen and oxygen atoms in total. The van der Waals surface area contributed by atoms with Crippen molar-refractivity contribution in [2.24, 2.45) is 17.3 Å². The first kappa shape index (κ1) is 23.8. The summed E-state index contributed by atoms with van der Waals surface area (Å²) in [6, 6.07) is 18.5. The van der Waals surface area contributed by atoms with Gasteiger partial charge in [-0.3, -0.25) is 4.79 Å². The predicted molar refractivity (Wildman–Crippen MR) is 130 cm³/mol. The summed E-state index contributed by atoms with van der Waals surface area (Å²) in [4.78, 5) is 12.8. The van der Waals surface area contributed by atoms with Gasteiger partial charge in [-0.15, -0.1) is 0 Å². The normalized spacial score (nSPS) is 21.8. The zero-order valence-corrected chi connectivity index (χ0v) is 22.5. The van der Waals surface area contributed by atoms with Crippen molar-refractivity contribution in [3.05, 3.63) is 60.2 Å². The van der Waals surface area contributed by atoms with Crippen LogP contribution in [0.15, 0.2) is 54.6 Å². The van der Waals surface area contributed by atoms with Gasteiger partial charge in [0.05, 0.1) is 10.7 Å². The Kier molecular flexibility index (Phi) is 7.38. The van der Waals surface area contributed by atoms with Gasteiger partial charge in [-0.1, -0.05) is 108 Å². The van der Waals surface area contributed by atoms with Crippen LogP contribution in [0.2, 0.25) is 0 Å². The van der Waals surface area contributed by atoms with Crippen LogP contribution in [-0.2, 0) is 9.53 Å². The molecule has 1 aliphatic rings. The molecule has 2 unspecified atom stereocenters. The summed E-state index contributed by atoms with van der Waals surface area (Å²) in [6.07, 6.45) is -1.01. The van der Waals surface area contributed by atoms with Crippen LogP contribution in [0, 0.1) is 28.6 Å². The van der Waals surface area contributed by atoms with Gasteiger partial charge < -0.3 is 9.47 Å². The molecule has 0 radical (unpaired) electrons. The number of hydrogen-bond donors (Lipinski definition) is 0. The molecular formula is C22H19Br4NO3. The first-order valence-corrected chi connectivity index (χ1v) is 12.5. The number of para-hydroxylation sites is 1. The summed E-state index contributed by atoms with van der Waals surface area (Å²) in [7, 11) is 0. The second kappa shape index (κ2) is 9.32. The largest absolute Gasteiger partial charge is 0.457 e. The fourth-order valence-electron chi connectivity index (χ4n) is 3.60. The highest BCUT2D eigenvalue weighted by atomic mass is 80.0. The van der Waals surface area contributed by atoms with Gasteiger partial charge >= 0.3 is 5.97 Å². The van der Waals surface area contributed by atoms with E-state index in [1.54, 1.807) is 24.3 Å². The highest BCUT2D eigenvalue weighted by Gasteiger charge is 2.67. The molecule has 0 heterocycles. The van der Waals surface area contributed by atoms with Crippen molar-refractivity contribution in [2.75, 3.05) is 0 Å². The molecule has 1 fully saturated rings. The highest BCUT2D eigenvalue weighted by Crippen LogP contribution is 2.66. The average molecular weight is 665 g/mol. The molecule has 1 aliphatic carbocycles. The first-order chi connectivity index (χ1) is 14.1. The number of benzene rings is 2. The zero-order chi connectivity index (χ0) is 22.1. The standard InChI is InChI=1S/C22H19Br4NO3/c1-21(2)17(19(23)22(24,25)26)18(21)20(28)30-16(12-27)13-7-6-10-15(11-13)29-14-8-4-3-5-9-14/h3-11,16-19H,1-2H3/t16-,17-,18?,19?/m1/s1. The minimum absolute atomic E-state index is 0.0233. The van der Waals surface area contributed by atoms with E-state index in [-0.39, 0.29) is 28.0 Å². The molecule has 2 aromatic rings. The zero-order valence-electron chi connectivity index (χ0n) is 16.2. The van der Waals surface area contributed by atoms with Crippen molar-refractivity contribution in [2.45, 2.75) is 26.9 Å². The topological polar surface area (TPSA) is 59.3 Å². The molecule has 158 valence electrons. The molecule has 0 amide bonds. The number of hydrogen-bond acceptors (Lipinski definition) is 4. The van der Waals surface area contributed by atoms with E-state index in [1.165, 1.54) is 0 Å². The number of ether oxygens (including phenoxy) is 2. The van der Waals surface area contributed by atoms with Crippen LogP contribution in [0.4, 0.5) is 0 Å². The van der Waals surface area contributed by atoms with Gasteiger partial charge in [-0.05, 0) is 35.6 Å². The number of nitriles is 1. The van der Waals surface area contributed by atoms with Gasteiger partial charge in [-0.25, -0.2) is 0 Å². The van der Waals surface area contributed by atoms with E-state index in [1.807, 2.05) is 44.2 Å². The van der Waals surface area contributed by atoms with Crippen molar-refractivity contribution >= 4 is 69.7 Å². The molecule has 0 N–H and O–H groups in total. The molecule has 0 bridgehead atoms. The lowest BCUT2D eigenvalue weighted by Gasteiger charge is -2.21. The molecular weight excluding hydrogens is 646 g/mol. The molecule has 8 heteroatoms. The summed E-state index contributed by atoms with van der Waals surface area (Å²) in [6.45, 7) is 4.04. The monoisotopic (exact) mass is 661 g/mol. The van der Waals surface area contributed by atoms with Crippen molar-refractivity contribution in [3.63, 3.8) is 0 Å². The van der Waals surface area contributed by atoms with Crippen LogP contribution < -0.4 is 4.74 Å². The van der Waals surface area contributed by atoms with Crippen molar-refractivity contribution < 1.29 is 14.3 Å². The first-order valence-electron chi connectivity index (χ1n) is 9.19. The van der Waals surface area contributed by atoms with Gasteiger partial charge in [-0.2, -0.15) is 5.26 Å². The van der Waals surface area contributed by atoms with Gasteiger partial charge in [0, 0.05) is 5.56 Å². The average Bonchev–Trinajstić information content (AvgIpc) is 3.27. The molecule has 0 aromatic heterocycles. The number of esters is 1. The molecule has 0 aliphatic heterocycles. The number of rotatable bonds is 6. The summed E-state index contributed by atoms with van der Waals surface area (Å²) in [5.74, 6) is 0.576. The fourth-order valence-corrected chi connectivity index (χ4v) is 5.44. The van der Waals surface area contributed by atoms with E-state index in [4.69, 9.17) is 9.47 Å². The third-order valence-electron chi connectivity index (χ3n) is 5.28. The maximum absolute atomic E-state index is 12.9. The number of halogens is 4. The Balaban J connectivity index is 1.72. The summed E-state index contributed by atoms with van der Waals surface area (Å²) >= 11 is 14.2. The van der Waals surface area contributed by atoms with E-state index in [9.17, 15) is 10.1 Å². The van der Waals surface area contributed by atoms with E-state index >= 15 is 0 Å². The van der Waals surface area contributed by atoms with Crippen LogP contribution in [0.5, 0.6) is 11.5 Å². The number of nitrogens with zero attached hydrogens (tertiary/aromatic N) is 1. The van der Waals surface area contributed by atoms with Crippen molar-refractivity contribution in [3.8, 4) is 17.6 Å². The molecule has 0 saturated heterocycles. The molecule has 0 spiro atoms. The Morgan fingerprint density at radius 2 is 1.73 bits per heavy atom. The molecule has 2 aromatic carbocycles. The summed E-state index contributed by atoms with van der Waals surface area (Å²) in [5, 5.41) is 9.65. The second-order valence-corrected chi connectivity index (χ2v) is 15.6. The Morgan fingerprint density at radius 1 is 1.10 bits per heavy atom. The van der Waals surface area contributed by atoms with Gasteiger partial charge in [0.25, 0.3) is 0 Å². The Bertz CT molecular complexity index is 953. The van der Waals surface area contributed by atoms with Crippen LogP contribution >= 0.6 is 63.7 Å². The lowest BCUT2D eigenvalue weighted by molar-refractivity contribution is -0.149. The maximum atomic E-state index is 12.9. The van der Waals surface area contributed by atoms with Crippen LogP contribution in [0.3, 0.4) is 0 Å². The van der Waals surface area contributed by atoms with Crippen molar-refractivity contribution in [1.29, 1.82) is 5.26 Å². The highest BCUT2D eigenvalue weighted by molar-refractivity contribution is 9.40. The minimum atomic E-state index is -1.01. The lowest BCUT2D eigenvalue weighted by Crippen LogP contribution is -2.23. The smallest absolute Gasteiger partial charge is 0.311 e. The van der Waals surface area contributed by atoms with Gasteiger partial charge in [0.15, 0.2) is 0 Å². The third kappa shape index (κ3) is 5.29. The molecule has 30 heavy (non-hydrogen) atoms. The van der Waals surface area contributed by atoms with E-state index in [0.29, 0.717) is 17.1 Å². The lowest BCUT2D eigenvalue weighted by atomic mass is 10.1. The number of carbonyl (C=O) groups is 1. The van der Waals surface area contributed by atoms with E-state index in [2.05, 4.69) is 69.8 Å². The van der Waals surface area contributed by atoms with Crippen molar-refractivity contribution in [1.82, 2.24) is 0 Å². The number of carbonyl (C=O) groups excluding carboxylic acids is 1. The summed E-state index contributed by atoms with van der Waals surface area (Å²) < 4.78 is 10.9. The second-order valence-electron chi connectivity index (χ2n) is 7.70. The SMILES string of the molecule is CC1(C)C(C(=O)O[C@H](C#N)c2cccc(Oc3ccccc3)c2)[C@@H]1C(Br)C(Br)(Br)Br. The fraction of sp³-hybridized carbons (Fsp3) is 0.364. The predicted octanol–water partition coefficient (Wildman–Crippen LogP) is 7.46. The Hall–Kier alpha value is -0.880. The van der Waals surface area contributed by atoms with E-state index in [0.717, 1.165) is 0 Å². The third-order valence-corrected chi connectivity index (χ3v) is 9.86. The summed E-state index contributed by atoms with van der Waals surface area (Å²) in [5.41, 5.74) is 0.310. The Labute approximate surface area is 209 Å². The Morgan fingerprint density at radius 3 is 2.33 bits per heavy atom. The van der Waals surface area contributed by atoms with Gasteiger partial charge in [0.1, 0.15) is 19.7 Å². The molecule has 4 atom stereocenters.